The van der Waals surface area contributed by atoms with E-state index >= 15 is 0 Å². The van der Waals surface area contributed by atoms with Gasteiger partial charge in [-0.25, -0.2) is 17.5 Å². The monoisotopic (exact) mass is 327 g/mol. The lowest BCUT2D eigenvalue weighted by atomic mass is 10.1. The highest BCUT2D eigenvalue weighted by Crippen LogP contribution is 2.18. The Labute approximate surface area is 128 Å². The molecule has 3 nitrogen and oxygen atoms in total. The lowest BCUT2D eigenvalue weighted by Crippen LogP contribution is -2.34. The van der Waals surface area contributed by atoms with Crippen LogP contribution >= 0.6 is 11.6 Å². The molecule has 2 rings (SSSR count). The van der Waals surface area contributed by atoms with Crippen molar-refractivity contribution < 1.29 is 12.8 Å². The van der Waals surface area contributed by atoms with Crippen molar-refractivity contribution >= 4 is 21.6 Å². The van der Waals surface area contributed by atoms with Gasteiger partial charge in [-0.05, 0) is 37.1 Å². The molecule has 2 aromatic carbocycles. The van der Waals surface area contributed by atoms with Crippen molar-refractivity contribution in [3.63, 3.8) is 0 Å². The molecule has 0 heterocycles. The second-order valence-corrected chi connectivity index (χ2v) is 6.84. The van der Waals surface area contributed by atoms with Crippen LogP contribution in [0.3, 0.4) is 0 Å². The molecule has 1 atom stereocenters. The number of nitrogens with one attached hydrogen (secondary N) is 1. The fraction of sp³-hybridized carbons (Fsp3) is 0.200. The van der Waals surface area contributed by atoms with Crippen LogP contribution in [0.25, 0.3) is 0 Å². The Hall–Kier alpha value is -1.43. The largest absolute Gasteiger partial charge is 0.243 e. The zero-order valence-corrected chi connectivity index (χ0v) is 13.0. The summed E-state index contributed by atoms with van der Waals surface area (Å²) in [6, 6.07) is 12.1. The zero-order valence-electron chi connectivity index (χ0n) is 11.4. The summed E-state index contributed by atoms with van der Waals surface area (Å²) < 4.78 is 40.4. The van der Waals surface area contributed by atoms with Gasteiger partial charge in [-0.15, -0.1) is 0 Å². The molecule has 0 aliphatic carbocycles. The normalized spacial score (nSPS) is 13.1. The SMILES string of the molecule is CC(Cc1ccccc1Cl)NS(=O)(=O)c1ccccc1F. The highest BCUT2D eigenvalue weighted by Gasteiger charge is 2.21. The molecule has 1 unspecified atom stereocenters. The summed E-state index contributed by atoms with van der Waals surface area (Å²) >= 11 is 6.04. The maximum absolute atomic E-state index is 13.6. The number of halogens is 2. The first-order valence-corrected chi connectivity index (χ1v) is 8.26. The maximum atomic E-state index is 13.6. The number of hydrogen-bond donors (Lipinski definition) is 1. The first kappa shape index (κ1) is 15.9. The highest BCUT2D eigenvalue weighted by molar-refractivity contribution is 7.89. The molecule has 0 radical (unpaired) electrons. The van der Waals surface area contributed by atoms with Gasteiger partial charge in [0.2, 0.25) is 10.0 Å². The second-order valence-electron chi connectivity index (χ2n) is 4.75. The lowest BCUT2D eigenvalue weighted by Gasteiger charge is -2.15. The minimum atomic E-state index is -3.89. The van der Waals surface area contributed by atoms with E-state index in [0.717, 1.165) is 11.6 Å². The fourth-order valence-electron chi connectivity index (χ4n) is 2.03. The fourth-order valence-corrected chi connectivity index (χ4v) is 3.56. The van der Waals surface area contributed by atoms with E-state index in [0.29, 0.717) is 11.4 Å². The Balaban J connectivity index is 2.14. The molecule has 6 heteroatoms. The molecule has 0 aromatic heterocycles. The summed E-state index contributed by atoms with van der Waals surface area (Å²) in [5, 5.41) is 0.578. The molecule has 1 N–H and O–H groups in total. The number of benzene rings is 2. The van der Waals surface area contributed by atoms with Gasteiger partial charge in [-0.2, -0.15) is 0 Å². The van der Waals surface area contributed by atoms with Crippen molar-refractivity contribution in [2.75, 3.05) is 0 Å². The molecular formula is C15H15ClFNO2S. The van der Waals surface area contributed by atoms with Crippen LogP contribution in [0.5, 0.6) is 0 Å². The van der Waals surface area contributed by atoms with Gasteiger partial charge in [0.25, 0.3) is 0 Å². The topological polar surface area (TPSA) is 46.2 Å². The molecule has 0 spiro atoms. The van der Waals surface area contributed by atoms with Crippen molar-refractivity contribution in [1.82, 2.24) is 4.72 Å². The van der Waals surface area contributed by atoms with Gasteiger partial charge in [0.05, 0.1) is 0 Å². The van der Waals surface area contributed by atoms with Gasteiger partial charge in [-0.3, -0.25) is 0 Å². The second kappa shape index (κ2) is 6.56. The van der Waals surface area contributed by atoms with Crippen LogP contribution < -0.4 is 4.72 Å². The third-order valence-electron chi connectivity index (χ3n) is 2.97. The van der Waals surface area contributed by atoms with Gasteiger partial charge in [0.1, 0.15) is 10.7 Å². The quantitative estimate of drug-likeness (QED) is 0.915. The molecule has 0 saturated heterocycles. The maximum Gasteiger partial charge on any atom is 0.243 e. The Bertz CT molecular complexity index is 734. The average Bonchev–Trinajstić information content (AvgIpc) is 2.41. The number of sulfonamides is 1. The molecule has 0 amide bonds. The van der Waals surface area contributed by atoms with Gasteiger partial charge in [-0.1, -0.05) is 41.9 Å². The third-order valence-corrected chi connectivity index (χ3v) is 4.96. The Morgan fingerprint density at radius 2 is 1.76 bits per heavy atom. The highest BCUT2D eigenvalue weighted by atomic mass is 35.5. The van der Waals surface area contributed by atoms with Crippen LogP contribution in [0.2, 0.25) is 5.02 Å². The van der Waals surface area contributed by atoms with E-state index in [4.69, 9.17) is 11.6 Å². The van der Waals surface area contributed by atoms with E-state index in [9.17, 15) is 12.8 Å². The summed E-state index contributed by atoms with van der Waals surface area (Å²) in [7, 11) is -3.89. The average molecular weight is 328 g/mol. The standard InChI is InChI=1S/C15H15ClFNO2S/c1-11(10-12-6-2-3-7-13(12)16)18-21(19,20)15-9-5-4-8-14(15)17/h2-9,11,18H,10H2,1H3. The smallest absolute Gasteiger partial charge is 0.208 e. The van der Waals surface area contributed by atoms with E-state index in [1.807, 2.05) is 12.1 Å². The van der Waals surface area contributed by atoms with Gasteiger partial charge in [0, 0.05) is 11.1 Å². The van der Waals surface area contributed by atoms with Crippen molar-refractivity contribution in [3.05, 3.63) is 64.9 Å². The van der Waals surface area contributed by atoms with E-state index in [-0.39, 0.29) is 4.90 Å². The first-order chi connectivity index (χ1) is 9.90. The molecule has 2 aromatic rings. The van der Waals surface area contributed by atoms with E-state index in [2.05, 4.69) is 4.72 Å². The van der Waals surface area contributed by atoms with Crippen LogP contribution in [0.4, 0.5) is 4.39 Å². The van der Waals surface area contributed by atoms with Gasteiger partial charge < -0.3 is 0 Å². The van der Waals surface area contributed by atoms with Gasteiger partial charge in [0.15, 0.2) is 0 Å². The lowest BCUT2D eigenvalue weighted by molar-refractivity contribution is 0.542. The number of rotatable bonds is 5. The molecular weight excluding hydrogens is 313 g/mol. The molecule has 21 heavy (non-hydrogen) atoms. The van der Waals surface area contributed by atoms with Crippen LogP contribution in [0.1, 0.15) is 12.5 Å². The molecule has 0 fully saturated rings. The van der Waals surface area contributed by atoms with Crippen LogP contribution in [-0.2, 0) is 16.4 Å². The van der Waals surface area contributed by atoms with E-state index in [1.165, 1.54) is 18.2 Å². The Morgan fingerprint density at radius 1 is 1.14 bits per heavy atom. The third kappa shape index (κ3) is 4.03. The van der Waals surface area contributed by atoms with Crippen LogP contribution in [-0.4, -0.2) is 14.5 Å². The van der Waals surface area contributed by atoms with Crippen molar-refractivity contribution in [1.29, 1.82) is 0 Å². The van der Waals surface area contributed by atoms with E-state index in [1.54, 1.807) is 19.1 Å². The summed E-state index contributed by atoms with van der Waals surface area (Å²) in [5.74, 6) is -0.769. The molecule has 0 aliphatic rings. The zero-order chi connectivity index (χ0) is 15.5. The van der Waals surface area contributed by atoms with Gasteiger partial charge >= 0.3 is 0 Å². The molecule has 112 valence electrons. The van der Waals surface area contributed by atoms with Crippen molar-refractivity contribution in [2.24, 2.45) is 0 Å². The summed E-state index contributed by atoms with van der Waals surface area (Å²) in [6.07, 6.45) is 0.424. The molecule has 0 aliphatic heterocycles. The Morgan fingerprint density at radius 3 is 2.43 bits per heavy atom. The minimum absolute atomic E-state index is 0.351. The van der Waals surface area contributed by atoms with Crippen molar-refractivity contribution in [3.8, 4) is 0 Å². The predicted molar refractivity (Wildman–Crippen MR) is 81.3 cm³/mol. The Kier molecular flexibility index (Phi) is 4.98. The predicted octanol–water partition coefficient (Wildman–Crippen LogP) is 3.39. The minimum Gasteiger partial charge on any atom is -0.208 e. The van der Waals surface area contributed by atoms with Crippen molar-refractivity contribution in [2.45, 2.75) is 24.3 Å². The summed E-state index contributed by atoms with van der Waals surface area (Å²) in [4.78, 5) is -0.351. The molecule has 0 saturated carbocycles. The van der Waals surface area contributed by atoms with Crippen LogP contribution in [0.15, 0.2) is 53.4 Å². The van der Waals surface area contributed by atoms with E-state index < -0.39 is 21.9 Å². The summed E-state index contributed by atoms with van der Waals surface area (Å²) in [5.41, 5.74) is 0.836. The number of hydrogen-bond acceptors (Lipinski definition) is 2. The summed E-state index contributed by atoms with van der Waals surface area (Å²) in [6.45, 7) is 1.71. The molecule has 0 bridgehead atoms. The van der Waals surface area contributed by atoms with Crippen LogP contribution in [0, 0.1) is 5.82 Å². The first-order valence-electron chi connectivity index (χ1n) is 6.40.